The van der Waals surface area contributed by atoms with E-state index < -0.39 is 8.07 Å². The van der Waals surface area contributed by atoms with Crippen LogP contribution in [0.15, 0.2) is 54.6 Å². The van der Waals surface area contributed by atoms with E-state index in [-0.39, 0.29) is 11.9 Å². The zero-order valence-electron chi connectivity index (χ0n) is 16.2. The molecule has 0 aliphatic heterocycles. The molecular weight excluding hydrogens is 344 g/mol. The summed E-state index contributed by atoms with van der Waals surface area (Å²) in [5, 5.41) is 1.37. The van der Waals surface area contributed by atoms with Crippen LogP contribution in [0, 0.1) is 0 Å². The molecule has 5 heteroatoms. The standard InChI is InChI=1S/C21H30O4Si/c1-17(2)20(22)24-13-9-15-26(5,19-11-7-6-8-12-19)16-10-14-25-21(23)18(3)4/h6-8,11-12H,1,3,9-10,13-16H2,2,4-5H3. The average molecular weight is 375 g/mol. The molecule has 0 unspecified atom stereocenters. The van der Waals surface area contributed by atoms with E-state index in [1.54, 1.807) is 13.8 Å². The van der Waals surface area contributed by atoms with Crippen molar-refractivity contribution in [1.29, 1.82) is 0 Å². The van der Waals surface area contributed by atoms with Gasteiger partial charge in [-0.05, 0) is 26.7 Å². The Morgan fingerprint density at radius 2 is 1.31 bits per heavy atom. The van der Waals surface area contributed by atoms with Gasteiger partial charge in [-0.3, -0.25) is 0 Å². The van der Waals surface area contributed by atoms with Gasteiger partial charge >= 0.3 is 11.9 Å². The van der Waals surface area contributed by atoms with Crippen LogP contribution in [0.2, 0.25) is 18.6 Å². The predicted molar refractivity (Wildman–Crippen MR) is 108 cm³/mol. The van der Waals surface area contributed by atoms with Crippen molar-refractivity contribution in [2.24, 2.45) is 0 Å². The van der Waals surface area contributed by atoms with E-state index in [4.69, 9.17) is 9.47 Å². The normalized spacial score (nSPS) is 10.9. The van der Waals surface area contributed by atoms with E-state index in [2.05, 4.69) is 44.0 Å². The summed E-state index contributed by atoms with van der Waals surface area (Å²) in [6, 6.07) is 12.5. The van der Waals surface area contributed by atoms with Gasteiger partial charge in [0, 0.05) is 11.1 Å². The van der Waals surface area contributed by atoms with Crippen LogP contribution in [0.3, 0.4) is 0 Å². The molecule has 4 nitrogen and oxygen atoms in total. The molecule has 0 amide bonds. The maximum absolute atomic E-state index is 11.5. The highest BCUT2D eigenvalue weighted by atomic mass is 28.3. The number of hydrogen-bond donors (Lipinski definition) is 0. The lowest BCUT2D eigenvalue weighted by Crippen LogP contribution is -2.44. The maximum Gasteiger partial charge on any atom is 0.333 e. The third-order valence-electron chi connectivity index (χ3n) is 4.38. The zero-order valence-corrected chi connectivity index (χ0v) is 17.2. The fourth-order valence-electron chi connectivity index (χ4n) is 2.75. The number of carbonyl (C=O) groups excluding carboxylic acids is 2. The molecule has 0 aliphatic carbocycles. The number of hydrogen-bond acceptors (Lipinski definition) is 4. The molecule has 0 saturated heterocycles. The van der Waals surface area contributed by atoms with E-state index in [0.717, 1.165) is 24.9 Å². The highest BCUT2D eigenvalue weighted by Crippen LogP contribution is 2.20. The van der Waals surface area contributed by atoms with Crippen molar-refractivity contribution < 1.29 is 19.1 Å². The lowest BCUT2D eigenvalue weighted by Gasteiger charge is -2.28. The molecule has 0 atom stereocenters. The highest BCUT2D eigenvalue weighted by molar-refractivity contribution is 6.90. The van der Waals surface area contributed by atoms with Gasteiger partial charge in [-0.2, -0.15) is 0 Å². The van der Waals surface area contributed by atoms with Crippen LogP contribution in [0.1, 0.15) is 26.7 Å². The highest BCUT2D eigenvalue weighted by Gasteiger charge is 2.28. The van der Waals surface area contributed by atoms with Crippen molar-refractivity contribution in [3.63, 3.8) is 0 Å². The molecular formula is C21H30O4Si. The molecule has 0 radical (unpaired) electrons. The minimum Gasteiger partial charge on any atom is -0.462 e. The average Bonchev–Trinajstić information content (AvgIpc) is 2.62. The van der Waals surface area contributed by atoms with Gasteiger partial charge in [-0.15, -0.1) is 0 Å². The van der Waals surface area contributed by atoms with Gasteiger partial charge in [0.2, 0.25) is 0 Å². The third kappa shape index (κ3) is 7.40. The first-order valence-corrected chi connectivity index (χ1v) is 11.9. The first-order chi connectivity index (χ1) is 12.3. The maximum atomic E-state index is 11.5. The van der Waals surface area contributed by atoms with Crippen molar-refractivity contribution >= 4 is 25.2 Å². The fraction of sp³-hybridized carbons (Fsp3) is 0.429. The first kappa shape index (κ1) is 21.9. The second kappa shape index (κ2) is 10.8. The molecule has 0 aromatic heterocycles. The van der Waals surface area contributed by atoms with Crippen molar-refractivity contribution in [3.05, 3.63) is 54.6 Å². The number of benzene rings is 1. The molecule has 0 spiro atoms. The number of ether oxygens (including phenoxy) is 2. The molecule has 1 rings (SSSR count). The molecule has 0 N–H and O–H groups in total. The van der Waals surface area contributed by atoms with Crippen LogP contribution in [-0.4, -0.2) is 33.2 Å². The quantitative estimate of drug-likeness (QED) is 0.254. The van der Waals surface area contributed by atoms with Crippen LogP contribution >= 0.6 is 0 Å². The van der Waals surface area contributed by atoms with Gasteiger partial charge < -0.3 is 9.47 Å². The Balaban J connectivity index is 2.60. The van der Waals surface area contributed by atoms with E-state index in [0.29, 0.717) is 24.4 Å². The molecule has 142 valence electrons. The lowest BCUT2D eigenvalue weighted by molar-refractivity contribution is -0.139. The Morgan fingerprint density at radius 1 is 0.885 bits per heavy atom. The summed E-state index contributed by atoms with van der Waals surface area (Å²) in [7, 11) is -1.75. The zero-order chi connectivity index (χ0) is 19.6. The minimum atomic E-state index is -1.75. The van der Waals surface area contributed by atoms with Crippen LogP contribution in [0.4, 0.5) is 0 Å². The molecule has 0 fully saturated rings. The summed E-state index contributed by atoms with van der Waals surface area (Å²) in [5.41, 5.74) is 0.847. The second-order valence-corrected chi connectivity index (χ2v) is 11.7. The molecule has 0 bridgehead atoms. The number of esters is 2. The van der Waals surface area contributed by atoms with Gasteiger partial charge in [-0.1, -0.05) is 67.3 Å². The summed E-state index contributed by atoms with van der Waals surface area (Å²) in [5.74, 6) is -0.667. The fourth-order valence-corrected chi connectivity index (χ4v) is 6.43. The topological polar surface area (TPSA) is 52.6 Å². The number of carbonyl (C=O) groups is 2. The van der Waals surface area contributed by atoms with Crippen molar-refractivity contribution in [1.82, 2.24) is 0 Å². The first-order valence-electron chi connectivity index (χ1n) is 8.97. The summed E-state index contributed by atoms with van der Waals surface area (Å²) in [6.45, 7) is 13.6. The van der Waals surface area contributed by atoms with Gasteiger partial charge in [0.05, 0.1) is 21.3 Å². The Morgan fingerprint density at radius 3 is 1.69 bits per heavy atom. The molecule has 0 aliphatic rings. The van der Waals surface area contributed by atoms with Crippen molar-refractivity contribution in [3.8, 4) is 0 Å². The Bertz CT molecular complexity index is 603. The summed E-state index contributed by atoms with van der Waals surface area (Å²) < 4.78 is 10.4. The molecule has 1 aromatic rings. The van der Waals surface area contributed by atoms with Gasteiger partial charge in [0.1, 0.15) is 0 Å². The van der Waals surface area contributed by atoms with Crippen LogP contribution in [0.25, 0.3) is 0 Å². The second-order valence-electron chi connectivity index (χ2n) is 6.97. The molecule has 26 heavy (non-hydrogen) atoms. The van der Waals surface area contributed by atoms with Crippen molar-refractivity contribution in [2.75, 3.05) is 13.2 Å². The van der Waals surface area contributed by atoms with E-state index in [1.165, 1.54) is 5.19 Å². The molecule has 0 heterocycles. The monoisotopic (exact) mass is 374 g/mol. The molecule has 1 aromatic carbocycles. The summed E-state index contributed by atoms with van der Waals surface area (Å²) >= 11 is 0. The Labute approximate surface area is 157 Å². The van der Waals surface area contributed by atoms with E-state index in [1.807, 2.05) is 6.07 Å². The molecule has 0 saturated carbocycles. The smallest absolute Gasteiger partial charge is 0.333 e. The minimum absolute atomic E-state index is 0.334. The van der Waals surface area contributed by atoms with E-state index >= 15 is 0 Å². The summed E-state index contributed by atoms with van der Waals surface area (Å²) in [4.78, 5) is 23.0. The Hall–Kier alpha value is -2.14. The van der Waals surface area contributed by atoms with Crippen LogP contribution in [-0.2, 0) is 19.1 Å². The predicted octanol–water partition coefficient (Wildman–Crippen LogP) is 3.99. The van der Waals surface area contributed by atoms with Gasteiger partial charge in [-0.25, -0.2) is 9.59 Å². The SMILES string of the molecule is C=C(C)C(=O)OCCC[Si](C)(CCCOC(=O)C(=C)C)c1ccccc1. The summed E-state index contributed by atoms with van der Waals surface area (Å²) in [6.07, 6.45) is 1.64. The van der Waals surface area contributed by atoms with Crippen molar-refractivity contribution in [2.45, 2.75) is 45.3 Å². The number of rotatable bonds is 11. The van der Waals surface area contributed by atoms with Gasteiger partial charge in [0.25, 0.3) is 0 Å². The largest absolute Gasteiger partial charge is 0.462 e. The van der Waals surface area contributed by atoms with Gasteiger partial charge in [0.15, 0.2) is 0 Å². The Kier molecular flexibility index (Phi) is 9.06. The third-order valence-corrected chi connectivity index (χ3v) is 9.02. The van der Waals surface area contributed by atoms with E-state index in [9.17, 15) is 9.59 Å². The van der Waals surface area contributed by atoms with Crippen LogP contribution < -0.4 is 5.19 Å². The lowest BCUT2D eigenvalue weighted by atomic mass is 10.4. The van der Waals surface area contributed by atoms with Crippen LogP contribution in [0.5, 0.6) is 0 Å².